The summed E-state index contributed by atoms with van der Waals surface area (Å²) in [5.41, 5.74) is 2.47. The van der Waals surface area contributed by atoms with E-state index in [9.17, 15) is 4.79 Å². The fraction of sp³-hybridized carbons (Fsp3) is 0.533. The monoisotopic (exact) mass is 263 g/mol. The highest BCUT2D eigenvalue weighted by molar-refractivity contribution is 5.69. The van der Waals surface area contributed by atoms with Gasteiger partial charge in [0.15, 0.2) is 0 Å². The first-order chi connectivity index (χ1) is 9.24. The highest BCUT2D eigenvalue weighted by Gasteiger charge is 2.16. The van der Waals surface area contributed by atoms with Gasteiger partial charge in [0.25, 0.3) is 0 Å². The van der Waals surface area contributed by atoms with E-state index in [1.165, 1.54) is 18.2 Å². The molecule has 104 valence electrons. The summed E-state index contributed by atoms with van der Waals surface area (Å²) in [4.78, 5) is 11.2. The molecule has 2 rings (SSSR count). The number of rotatable bonds is 5. The zero-order valence-corrected chi connectivity index (χ0v) is 11.6. The molecular formula is C15H21NO3. The second-order valence-electron chi connectivity index (χ2n) is 4.78. The summed E-state index contributed by atoms with van der Waals surface area (Å²) in [5.74, 6) is 0.833. The van der Waals surface area contributed by atoms with Crippen LogP contribution >= 0.6 is 0 Å². The van der Waals surface area contributed by atoms with E-state index in [-0.39, 0.29) is 12.0 Å². The van der Waals surface area contributed by atoms with Crippen LogP contribution in [0.25, 0.3) is 0 Å². The van der Waals surface area contributed by atoms with Gasteiger partial charge in [0.2, 0.25) is 0 Å². The van der Waals surface area contributed by atoms with E-state index in [0.717, 1.165) is 31.6 Å². The summed E-state index contributed by atoms with van der Waals surface area (Å²) in [7, 11) is 3.34. The Morgan fingerprint density at radius 1 is 1.53 bits per heavy atom. The molecule has 0 saturated carbocycles. The normalized spacial score (nSPS) is 15.3. The van der Waals surface area contributed by atoms with Crippen LogP contribution in [0.3, 0.4) is 0 Å². The second kappa shape index (κ2) is 6.57. The number of hydrogen-bond donors (Lipinski definition) is 1. The fourth-order valence-electron chi connectivity index (χ4n) is 2.44. The number of carbonyl (C=O) groups excluding carboxylic acids is 1. The Hall–Kier alpha value is -1.55. The van der Waals surface area contributed by atoms with Gasteiger partial charge < -0.3 is 14.8 Å². The van der Waals surface area contributed by atoms with Crippen molar-refractivity contribution in [1.29, 1.82) is 0 Å². The van der Waals surface area contributed by atoms with E-state index >= 15 is 0 Å². The van der Waals surface area contributed by atoms with Crippen LogP contribution in [-0.2, 0) is 16.0 Å². The van der Waals surface area contributed by atoms with E-state index in [0.29, 0.717) is 6.42 Å². The molecule has 0 spiro atoms. The van der Waals surface area contributed by atoms with Gasteiger partial charge in [-0.2, -0.15) is 0 Å². The lowest BCUT2D eigenvalue weighted by Crippen LogP contribution is -2.19. The molecule has 4 heteroatoms. The quantitative estimate of drug-likeness (QED) is 0.828. The third-order valence-corrected chi connectivity index (χ3v) is 3.55. The molecule has 0 aromatic heterocycles. The van der Waals surface area contributed by atoms with Gasteiger partial charge in [-0.3, -0.25) is 4.79 Å². The molecule has 1 heterocycles. The topological polar surface area (TPSA) is 47.6 Å². The molecule has 0 radical (unpaired) electrons. The summed E-state index contributed by atoms with van der Waals surface area (Å²) in [6.45, 7) is 0.810. The Kier molecular flexibility index (Phi) is 4.80. The lowest BCUT2D eigenvalue weighted by atomic mass is 9.97. The first kappa shape index (κ1) is 13.9. The van der Waals surface area contributed by atoms with E-state index in [2.05, 4.69) is 22.2 Å². The average molecular weight is 263 g/mol. The molecule has 19 heavy (non-hydrogen) atoms. The molecule has 1 aliphatic rings. The van der Waals surface area contributed by atoms with Crippen LogP contribution < -0.4 is 10.1 Å². The van der Waals surface area contributed by atoms with Crippen molar-refractivity contribution in [3.63, 3.8) is 0 Å². The summed E-state index contributed by atoms with van der Waals surface area (Å²) >= 11 is 0. The predicted octanol–water partition coefficient (Wildman–Crippen LogP) is 2.23. The van der Waals surface area contributed by atoms with Gasteiger partial charge in [-0.05, 0) is 43.5 Å². The number of fused-ring (bicyclic) bond motifs is 1. The van der Waals surface area contributed by atoms with Crippen molar-refractivity contribution in [2.45, 2.75) is 31.7 Å². The molecule has 1 unspecified atom stereocenters. The average Bonchev–Trinajstić information content (AvgIpc) is 2.47. The maximum Gasteiger partial charge on any atom is 0.305 e. The lowest BCUT2D eigenvalue weighted by molar-refractivity contribution is -0.140. The first-order valence-electron chi connectivity index (χ1n) is 6.74. The van der Waals surface area contributed by atoms with Crippen LogP contribution in [0.5, 0.6) is 5.75 Å². The van der Waals surface area contributed by atoms with Crippen molar-refractivity contribution >= 4 is 5.97 Å². The largest absolute Gasteiger partial charge is 0.493 e. The Labute approximate surface area is 114 Å². The molecule has 0 saturated heterocycles. The zero-order valence-electron chi connectivity index (χ0n) is 11.6. The van der Waals surface area contributed by atoms with Crippen LogP contribution in [0.1, 0.15) is 36.4 Å². The molecule has 0 aliphatic carbocycles. The van der Waals surface area contributed by atoms with Crippen molar-refractivity contribution in [2.75, 3.05) is 20.8 Å². The summed E-state index contributed by atoms with van der Waals surface area (Å²) < 4.78 is 10.3. The fourth-order valence-corrected chi connectivity index (χ4v) is 2.44. The summed E-state index contributed by atoms with van der Waals surface area (Å²) in [6, 6.07) is 6.47. The number of benzene rings is 1. The third kappa shape index (κ3) is 3.47. The number of esters is 1. The number of ether oxygens (including phenoxy) is 2. The SMILES string of the molecule is CNC(CCC(=O)OC)c1ccc2c(c1)CCCO2. The number of methoxy groups -OCH3 is 1. The maximum absolute atomic E-state index is 11.2. The van der Waals surface area contributed by atoms with Gasteiger partial charge >= 0.3 is 5.97 Å². The molecule has 0 bridgehead atoms. The molecule has 1 atom stereocenters. The Balaban J connectivity index is 2.07. The van der Waals surface area contributed by atoms with Crippen molar-refractivity contribution in [1.82, 2.24) is 5.32 Å². The summed E-state index contributed by atoms with van der Waals surface area (Å²) in [5, 5.41) is 3.26. The van der Waals surface area contributed by atoms with Crippen LogP contribution in [0.15, 0.2) is 18.2 Å². The van der Waals surface area contributed by atoms with E-state index in [4.69, 9.17) is 4.74 Å². The van der Waals surface area contributed by atoms with Crippen molar-refractivity contribution < 1.29 is 14.3 Å². The number of carbonyl (C=O) groups is 1. The van der Waals surface area contributed by atoms with E-state index in [1.807, 2.05) is 13.1 Å². The minimum atomic E-state index is -0.165. The Bertz CT molecular complexity index is 445. The number of nitrogens with one attached hydrogen (secondary N) is 1. The lowest BCUT2D eigenvalue weighted by Gasteiger charge is -2.21. The minimum Gasteiger partial charge on any atom is -0.493 e. The molecule has 1 aromatic carbocycles. The molecule has 0 fully saturated rings. The summed E-state index contributed by atoms with van der Waals surface area (Å²) in [6.07, 6.45) is 3.30. The Morgan fingerprint density at radius 2 is 2.37 bits per heavy atom. The first-order valence-corrected chi connectivity index (χ1v) is 6.74. The van der Waals surface area contributed by atoms with Crippen LogP contribution in [0, 0.1) is 0 Å². The van der Waals surface area contributed by atoms with Crippen LogP contribution in [0.2, 0.25) is 0 Å². The standard InChI is InChI=1S/C15H21NO3/c1-16-13(6-8-15(17)18-2)11-5-7-14-12(10-11)4-3-9-19-14/h5,7,10,13,16H,3-4,6,8-9H2,1-2H3. The highest BCUT2D eigenvalue weighted by Crippen LogP contribution is 2.29. The van der Waals surface area contributed by atoms with Crippen molar-refractivity contribution in [2.24, 2.45) is 0 Å². The number of aryl methyl sites for hydroxylation is 1. The smallest absolute Gasteiger partial charge is 0.305 e. The van der Waals surface area contributed by atoms with Gasteiger partial charge in [-0.15, -0.1) is 0 Å². The van der Waals surface area contributed by atoms with Gasteiger partial charge in [-0.25, -0.2) is 0 Å². The Morgan fingerprint density at radius 3 is 3.11 bits per heavy atom. The molecule has 1 N–H and O–H groups in total. The van der Waals surface area contributed by atoms with Crippen LogP contribution in [0.4, 0.5) is 0 Å². The van der Waals surface area contributed by atoms with Gasteiger partial charge in [0.1, 0.15) is 5.75 Å². The minimum absolute atomic E-state index is 0.165. The van der Waals surface area contributed by atoms with E-state index < -0.39 is 0 Å². The molecule has 1 aromatic rings. The maximum atomic E-state index is 11.2. The van der Waals surface area contributed by atoms with Crippen LogP contribution in [-0.4, -0.2) is 26.7 Å². The second-order valence-corrected chi connectivity index (χ2v) is 4.78. The van der Waals surface area contributed by atoms with Gasteiger partial charge in [0.05, 0.1) is 13.7 Å². The molecule has 4 nitrogen and oxygen atoms in total. The zero-order chi connectivity index (χ0) is 13.7. The van der Waals surface area contributed by atoms with Gasteiger partial charge in [0, 0.05) is 12.5 Å². The molecule has 0 amide bonds. The van der Waals surface area contributed by atoms with Crippen molar-refractivity contribution in [3.05, 3.63) is 29.3 Å². The third-order valence-electron chi connectivity index (χ3n) is 3.55. The van der Waals surface area contributed by atoms with Gasteiger partial charge in [-0.1, -0.05) is 12.1 Å². The highest BCUT2D eigenvalue weighted by atomic mass is 16.5. The van der Waals surface area contributed by atoms with E-state index in [1.54, 1.807) is 0 Å². The molecule has 1 aliphatic heterocycles. The molecular weight excluding hydrogens is 242 g/mol. The van der Waals surface area contributed by atoms with Crippen molar-refractivity contribution in [3.8, 4) is 5.75 Å². The number of hydrogen-bond acceptors (Lipinski definition) is 4. The predicted molar refractivity (Wildman–Crippen MR) is 73.3 cm³/mol.